The lowest BCUT2D eigenvalue weighted by Gasteiger charge is -2.05. The van der Waals surface area contributed by atoms with Crippen LogP contribution in [-0.4, -0.2) is 15.6 Å². The van der Waals surface area contributed by atoms with Crippen molar-refractivity contribution in [3.05, 3.63) is 38.8 Å². The van der Waals surface area contributed by atoms with E-state index in [1.165, 1.54) is 4.88 Å². The summed E-state index contributed by atoms with van der Waals surface area (Å²) in [6, 6.07) is 4.16. The molecule has 0 saturated carbocycles. The second kappa shape index (κ2) is 7.04. The van der Waals surface area contributed by atoms with E-state index in [1.54, 1.807) is 11.3 Å². The summed E-state index contributed by atoms with van der Waals surface area (Å²) in [7, 11) is 0. The second-order valence-electron chi connectivity index (χ2n) is 4.81. The molecule has 2 heterocycles. The van der Waals surface area contributed by atoms with Gasteiger partial charge in [0.2, 0.25) is 0 Å². The molecule has 0 aliphatic carbocycles. The number of hydrogen-bond donors (Lipinski definition) is 0. The van der Waals surface area contributed by atoms with E-state index in [9.17, 15) is 4.79 Å². The molecular weight excluding hydrogens is 292 g/mol. The van der Waals surface area contributed by atoms with Crippen molar-refractivity contribution in [1.82, 2.24) is 9.78 Å². The topological polar surface area (TPSA) is 34.9 Å². The largest absolute Gasteiger partial charge is 0.299 e. The standard InChI is InChI=1S/C15H19ClN2OS/c1-3-18-14(15(16)11(2)17-18)10-12(19)6-4-7-13-8-5-9-20-13/h5,8-9H,3-4,6-7,10H2,1-2H3. The highest BCUT2D eigenvalue weighted by Gasteiger charge is 2.15. The van der Waals surface area contributed by atoms with Crippen molar-refractivity contribution in [2.24, 2.45) is 0 Å². The van der Waals surface area contributed by atoms with Gasteiger partial charge in [-0.25, -0.2) is 0 Å². The number of aromatic nitrogens is 2. The van der Waals surface area contributed by atoms with Gasteiger partial charge in [0.05, 0.1) is 16.4 Å². The first kappa shape index (κ1) is 15.3. The number of hydrogen-bond acceptors (Lipinski definition) is 3. The van der Waals surface area contributed by atoms with Gasteiger partial charge in [-0.2, -0.15) is 5.10 Å². The number of halogens is 1. The van der Waals surface area contributed by atoms with E-state index in [0.717, 1.165) is 30.8 Å². The Hall–Kier alpha value is -1.13. The van der Waals surface area contributed by atoms with E-state index in [-0.39, 0.29) is 5.78 Å². The normalized spacial score (nSPS) is 10.9. The molecule has 20 heavy (non-hydrogen) atoms. The van der Waals surface area contributed by atoms with E-state index < -0.39 is 0 Å². The van der Waals surface area contributed by atoms with Crippen molar-refractivity contribution >= 4 is 28.7 Å². The summed E-state index contributed by atoms with van der Waals surface area (Å²) in [5.74, 6) is 0.234. The summed E-state index contributed by atoms with van der Waals surface area (Å²) < 4.78 is 1.83. The fourth-order valence-corrected chi connectivity index (χ4v) is 3.18. The molecule has 2 rings (SSSR count). The first-order valence-electron chi connectivity index (χ1n) is 6.87. The molecule has 0 unspecified atom stereocenters. The van der Waals surface area contributed by atoms with Gasteiger partial charge in [0.25, 0.3) is 0 Å². The van der Waals surface area contributed by atoms with Gasteiger partial charge in [0.1, 0.15) is 5.78 Å². The van der Waals surface area contributed by atoms with Gasteiger partial charge in [0.15, 0.2) is 0 Å². The van der Waals surface area contributed by atoms with Crippen LogP contribution in [0.4, 0.5) is 0 Å². The van der Waals surface area contributed by atoms with Gasteiger partial charge in [-0.1, -0.05) is 17.7 Å². The molecule has 0 radical (unpaired) electrons. The highest BCUT2D eigenvalue weighted by Crippen LogP contribution is 2.21. The smallest absolute Gasteiger partial charge is 0.138 e. The van der Waals surface area contributed by atoms with Crippen LogP contribution in [0, 0.1) is 6.92 Å². The minimum Gasteiger partial charge on any atom is -0.299 e. The summed E-state index contributed by atoms with van der Waals surface area (Å²) in [4.78, 5) is 13.4. The number of ketones is 1. The molecule has 0 amide bonds. The number of carbonyl (C=O) groups excluding carboxylic acids is 1. The van der Waals surface area contributed by atoms with Gasteiger partial charge in [-0.15, -0.1) is 11.3 Å². The number of nitrogens with zero attached hydrogens (tertiary/aromatic N) is 2. The van der Waals surface area contributed by atoms with Crippen LogP contribution in [0.5, 0.6) is 0 Å². The average Bonchev–Trinajstić information content (AvgIpc) is 3.02. The molecule has 0 aliphatic heterocycles. The van der Waals surface area contributed by atoms with Crippen LogP contribution in [0.1, 0.15) is 36.0 Å². The highest BCUT2D eigenvalue weighted by atomic mass is 35.5. The van der Waals surface area contributed by atoms with Gasteiger partial charge in [0, 0.05) is 24.3 Å². The molecule has 0 bridgehead atoms. The van der Waals surface area contributed by atoms with E-state index in [2.05, 4.69) is 16.5 Å². The van der Waals surface area contributed by atoms with Crippen LogP contribution < -0.4 is 0 Å². The van der Waals surface area contributed by atoms with Crippen LogP contribution in [0.15, 0.2) is 17.5 Å². The van der Waals surface area contributed by atoms with Gasteiger partial charge in [-0.3, -0.25) is 9.48 Å². The average molecular weight is 311 g/mol. The zero-order chi connectivity index (χ0) is 14.5. The molecule has 3 nitrogen and oxygen atoms in total. The fourth-order valence-electron chi connectivity index (χ4n) is 2.23. The Balaban J connectivity index is 1.88. The first-order valence-corrected chi connectivity index (χ1v) is 8.13. The Morgan fingerprint density at radius 1 is 1.50 bits per heavy atom. The lowest BCUT2D eigenvalue weighted by molar-refractivity contribution is -0.118. The van der Waals surface area contributed by atoms with E-state index in [0.29, 0.717) is 17.9 Å². The third-order valence-electron chi connectivity index (χ3n) is 3.28. The summed E-state index contributed by atoms with van der Waals surface area (Å²) in [5.41, 5.74) is 1.66. The predicted octanol–water partition coefficient (Wildman–Crippen LogP) is 4.06. The molecular formula is C15H19ClN2OS. The molecule has 108 valence electrons. The lowest BCUT2D eigenvalue weighted by atomic mass is 10.1. The second-order valence-corrected chi connectivity index (χ2v) is 6.22. The molecule has 0 atom stereocenters. The van der Waals surface area contributed by atoms with Gasteiger partial charge >= 0.3 is 0 Å². The molecule has 0 N–H and O–H groups in total. The summed E-state index contributed by atoms with van der Waals surface area (Å²) in [5, 5.41) is 7.04. The van der Waals surface area contributed by atoms with Crippen molar-refractivity contribution in [2.45, 2.75) is 46.1 Å². The molecule has 0 aliphatic rings. The van der Waals surface area contributed by atoms with Crippen molar-refractivity contribution in [3.63, 3.8) is 0 Å². The van der Waals surface area contributed by atoms with Crippen molar-refractivity contribution < 1.29 is 4.79 Å². The van der Waals surface area contributed by atoms with E-state index >= 15 is 0 Å². The SMILES string of the molecule is CCn1nc(C)c(Cl)c1CC(=O)CCCc1cccs1. The van der Waals surface area contributed by atoms with Crippen LogP contribution >= 0.6 is 22.9 Å². The Morgan fingerprint density at radius 3 is 2.95 bits per heavy atom. The number of Topliss-reactive ketones (excluding diaryl/α,β-unsaturated/α-hetero) is 1. The molecule has 0 saturated heterocycles. The minimum atomic E-state index is 0.234. The molecule has 2 aromatic heterocycles. The quantitative estimate of drug-likeness (QED) is 0.773. The lowest BCUT2D eigenvalue weighted by Crippen LogP contribution is -2.10. The number of thiophene rings is 1. The predicted molar refractivity (Wildman–Crippen MR) is 83.6 cm³/mol. The van der Waals surface area contributed by atoms with Gasteiger partial charge in [-0.05, 0) is 38.1 Å². The van der Waals surface area contributed by atoms with Crippen molar-refractivity contribution in [1.29, 1.82) is 0 Å². The summed E-state index contributed by atoms with van der Waals surface area (Å²) in [6.07, 6.45) is 2.86. The van der Waals surface area contributed by atoms with Crippen LogP contribution in [-0.2, 0) is 24.2 Å². The number of aryl methyl sites for hydroxylation is 3. The maximum absolute atomic E-state index is 12.1. The summed E-state index contributed by atoms with van der Waals surface area (Å²) >= 11 is 7.96. The number of rotatable bonds is 7. The van der Waals surface area contributed by atoms with Crippen LogP contribution in [0.3, 0.4) is 0 Å². The molecule has 0 fully saturated rings. The zero-order valence-corrected chi connectivity index (χ0v) is 13.4. The number of carbonyl (C=O) groups is 1. The highest BCUT2D eigenvalue weighted by molar-refractivity contribution is 7.09. The molecule has 0 spiro atoms. The van der Waals surface area contributed by atoms with Crippen molar-refractivity contribution in [2.75, 3.05) is 0 Å². The Bertz CT molecular complexity index is 575. The minimum absolute atomic E-state index is 0.234. The van der Waals surface area contributed by atoms with Crippen LogP contribution in [0.25, 0.3) is 0 Å². The Kier molecular flexibility index (Phi) is 5.38. The Morgan fingerprint density at radius 2 is 2.30 bits per heavy atom. The van der Waals surface area contributed by atoms with Gasteiger partial charge < -0.3 is 0 Å². The first-order chi connectivity index (χ1) is 9.61. The Labute approximate surface area is 128 Å². The van der Waals surface area contributed by atoms with E-state index in [1.807, 2.05) is 24.6 Å². The maximum atomic E-state index is 12.1. The van der Waals surface area contributed by atoms with Crippen molar-refractivity contribution in [3.8, 4) is 0 Å². The third kappa shape index (κ3) is 3.70. The molecule has 5 heteroatoms. The monoisotopic (exact) mass is 310 g/mol. The van der Waals surface area contributed by atoms with E-state index in [4.69, 9.17) is 11.6 Å². The third-order valence-corrected chi connectivity index (χ3v) is 4.70. The van der Waals surface area contributed by atoms with Crippen LogP contribution in [0.2, 0.25) is 5.02 Å². The zero-order valence-electron chi connectivity index (χ0n) is 11.9. The maximum Gasteiger partial charge on any atom is 0.138 e. The summed E-state index contributed by atoms with van der Waals surface area (Å²) in [6.45, 7) is 4.62. The molecule has 2 aromatic rings. The fraction of sp³-hybridized carbons (Fsp3) is 0.467. The molecule has 0 aromatic carbocycles.